The second kappa shape index (κ2) is 3.14. The summed E-state index contributed by atoms with van der Waals surface area (Å²) in [6.45, 7) is 2.52. The number of aromatic nitrogens is 1. The molecule has 1 amide bonds. The quantitative estimate of drug-likeness (QED) is 0.704. The van der Waals surface area contributed by atoms with Gasteiger partial charge in [-0.15, -0.1) is 0 Å². The molecule has 1 aromatic rings. The van der Waals surface area contributed by atoms with Gasteiger partial charge in [0.15, 0.2) is 5.82 Å². The van der Waals surface area contributed by atoms with Crippen LogP contribution in [-0.4, -0.2) is 22.4 Å². The number of hydrogen-bond donors (Lipinski definition) is 0. The van der Waals surface area contributed by atoms with Crippen molar-refractivity contribution in [3.63, 3.8) is 0 Å². The molecule has 1 atom stereocenters. The molecule has 1 aliphatic rings. The molecule has 0 aliphatic carbocycles. The van der Waals surface area contributed by atoms with Gasteiger partial charge in [-0.3, -0.25) is 9.69 Å². The summed E-state index contributed by atoms with van der Waals surface area (Å²) in [5.41, 5.74) is 0. The van der Waals surface area contributed by atoms with Crippen LogP contribution in [0.5, 0.6) is 0 Å². The van der Waals surface area contributed by atoms with Crippen LogP contribution in [0.3, 0.4) is 0 Å². The zero-order valence-corrected chi connectivity index (χ0v) is 8.74. The summed E-state index contributed by atoms with van der Waals surface area (Å²) in [6.07, 6.45) is 0.824. The molecule has 0 spiro atoms. The Morgan fingerprint density at radius 2 is 2.54 bits per heavy atom. The number of halogens is 1. The van der Waals surface area contributed by atoms with Crippen molar-refractivity contribution in [2.75, 3.05) is 11.4 Å². The van der Waals surface area contributed by atoms with Crippen molar-refractivity contribution in [3.8, 4) is 0 Å². The van der Waals surface area contributed by atoms with Crippen LogP contribution < -0.4 is 4.90 Å². The predicted molar refractivity (Wildman–Crippen MR) is 50.9 cm³/mol. The number of amides is 1. The van der Waals surface area contributed by atoms with Gasteiger partial charge in [-0.2, -0.15) is 0 Å². The minimum absolute atomic E-state index is 0.0632. The van der Waals surface area contributed by atoms with Crippen molar-refractivity contribution in [2.24, 2.45) is 0 Å². The second-order valence-electron chi connectivity index (χ2n) is 3.04. The first-order valence-electron chi connectivity index (χ1n) is 4.07. The smallest absolute Gasteiger partial charge is 0.242 e. The third kappa shape index (κ3) is 1.48. The van der Waals surface area contributed by atoms with Crippen LogP contribution in [0, 0.1) is 6.92 Å². The van der Waals surface area contributed by atoms with Gasteiger partial charge in [-0.05, 0) is 13.3 Å². The van der Waals surface area contributed by atoms with Gasteiger partial charge in [0.05, 0.1) is 4.83 Å². The van der Waals surface area contributed by atoms with E-state index in [1.54, 1.807) is 11.0 Å². The molecule has 2 rings (SSSR count). The van der Waals surface area contributed by atoms with Crippen LogP contribution in [0.2, 0.25) is 0 Å². The van der Waals surface area contributed by atoms with Gasteiger partial charge in [-0.1, -0.05) is 21.1 Å². The third-order valence-corrected chi connectivity index (χ3v) is 2.88. The van der Waals surface area contributed by atoms with Gasteiger partial charge in [0.1, 0.15) is 5.76 Å². The number of nitrogens with zero attached hydrogens (tertiary/aromatic N) is 2. The lowest BCUT2D eigenvalue weighted by Gasteiger charge is -2.10. The molecular weight excluding hydrogens is 236 g/mol. The number of carbonyl (C=O) groups excluding carboxylic acids is 1. The number of alkyl halides is 1. The lowest BCUT2D eigenvalue weighted by Crippen LogP contribution is -2.27. The number of rotatable bonds is 1. The average Bonchev–Trinajstić information content (AvgIpc) is 2.62. The van der Waals surface area contributed by atoms with E-state index in [0.29, 0.717) is 12.4 Å². The zero-order valence-electron chi connectivity index (χ0n) is 7.16. The Labute approximate surface area is 84.0 Å². The van der Waals surface area contributed by atoms with E-state index in [1.807, 2.05) is 6.92 Å². The molecule has 0 aromatic carbocycles. The Hall–Kier alpha value is -0.840. The maximum atomic E-state index is 11.5. The maximum absolute atomic E-state index is 11.5. The Morgan fingerprint density at radius 3 is 3.00 bits per heavy atom. The highest BCUT2D eigenvalue weighted by Crippen LogP contribution is 2.24. The summed E-state index contributed by atoms with van der Waals surface area (Å²) in [6, 6.07) is 1.77. The monoisotopic (exact) mass is 244 g/mol. The van der Waals surface area contributed by atoms with Gasteiger partial charge < -0.3 is 4.52 Å². The molecule has 4 nitrogen and oxygen atoms in total. The fourth-order valence-corrected chi connectivity index (χ4v) is 1.81. The third-order valence-electron chi connectivity index (χ3n) is 2.03. The fraction of sp³-hybridized carbons (Fsp3) is 0.500. The van der Waals surface area contributed by atoms with Crippen molar-refractivity contribution in [1.29, 1.82) is 0 Å². The highest BCUT2D eigenvalue weighted by Gasteiger charge is 2.31. The molecule has 1 fully saturated rings. The molecule has 0 saturated carbocycles. The number of aryl methyl sites for hydroxylation is 1. The Balaban J connectivity index is 2.23. The summed E-state index contributed by atoms with van der Waals surface area (Å²) >= 11 is 3.30. The lowest BCUT2D eigenvalue weighted by molar-refractivity contribution is -0.116. The van der Waals surface area contributed by atoms with Crippen molar-refractivity contribution in [3.05, 3.63) is 11.8 Å². The molecule has 5 heteroatoms. The lowest BCUT2D eigenvalue weighted by atomic mass is 10.4. The summed E-state index contributed by atoms with van der Waals surface area (Å²) in [4.78, 5) is 13.1. The van der Waals surface area contributed by atoms with Crippen LogP contribution >= 0.6 is 15.9 Å². The summed E-state index contributed by atoms with van der Waals surface area (Å²) in [5, 5.41) is 3.79. The van der Waals surface area contributed by atoms with Crippen molar-refractivity contribution in [1.82, 2.24) is 5.16 Å². The molecular formula is C8H9BrN2O2. The molecule has 0 N–H and O–H groups in total. The van der Waals surface area contributed by atoms with E-state index in [0.717, 1.165) is 12.2 Å². The molecule has 13 heavy (non-hydrogen) atoms. The molecule has 0 radical (unpaired) electrons. The van der Waals surface area contributed by atoms with Crippen LogP contribution in [0.15, 0.2) is 10.6 Å². The Morgan fingerprint density at radius 1 is 1.77 bits per heavy atom. The first-order valence-corrected chi connectivity index (χ1v) is 4.99. The molecule has 70 valence electrons. The van der Waals surface area contributed by atoms with Gasteiger partial charge in [0.25, 0.3) is 0 Å². The van der Waals surface area contributed by atoms with E-state index >= 15 is 0 Å². The zero-order chi connectivity index (χ0) is 9.42. The number of carbonyl (C=O) groups is 1. The van der Waals surface area contributed by atoms with Crippen molar-refractivity contribution < 1.29 is 9.32 Å². The van der Waals surface area contributed by atoms with Crippen molar-refractivity contribution >= 4 is 27.7 Å². The molecule has 1 aromatic heterocycles. The van der Waals surface area contributed by atoms with E-state index in [9.17, 15) is 4.79 Å². The van der Waals surface area contributed by atoms with E-state index in [4.69, 9.17) is 4.52 Å². The maximum Gasteiger partial charge on any atom is 0.242 e. The molecule has 2 heterocycles. The van der Waals surface area contributed by atoms with Crippen molar-refractivity contribution in [2.45, 2.75) is 18.2 Å². The van der Waals surface area contributed by atoms with Gasteiger partial charge in [-0.25, -0.2) is 0 Å². The highest BCUT2D eigenvalue weighted by molar-refractivity contribution is 9.10. The second-order valence-corrected chi connectivity index (χ2v) is 4.15. The first-order chi connectivity index (χ1) is 6.18. The standard InChI is InChI=1S/C8H9BrN2O2/c1-5-4-7(10-13-5)11-3-2-6(9)8(11)12/h4,6H,2-3H2,1H3. The summed E-state index contributed by atoms with van der Waals surface area (Å²) < 4.78 is 4.90. The molecule has 1 unspecified atom stereocenters. The average molecular weight is 245 g/mol. The van der Waals surface area contributed by atoms with Gasteiger partial charge in [0, 0.05) is 12.6 Å². The van der Waals surface area contributed by atoms with Crippen LogP contribution in [0.1, 0.15) is 12.2 Å². The minimum Gasteiger partial charge on any atom is -0.360 e. The fourth-order valence-electron chi connectivity index (χ4n) is 1.35. The van der Waals surface area contributed by atoms with Gasteiger partial charge >= 0.3 is 0 Å². The topological polar surface area (TPSA) is 46.3 Å². The van der Waals surface area contributed by atoms with E-state index in [2.05, 4.69) is 21.1 Å². The SMILES string of the molecule is Cc1cc(N2CCC(Br)C2=O)no1. The normalized spacial score (nSPS) is 22.8. The van der Waals surface area contributed by atoms with Crippen LogP contribution in [-0.2, 0) is 4.79 Å². The summed E-state index contributed by atoms with van der Waals surface area (Å²) in [7, 11) is 0. The van der Waals surface area contributed by atoms with Crippen LogP contribution in [0.4, 0.5) is 5.82 Å². The summed E-state index contributed by atoms with van der Waals surface area (Å²) in [5.74, 6) is 1.40. The number of hydrogen-bond acceptors (Lipinski definition) is 3. The van der Waals surface area contributed by atoms with E-state index in [1.165, 1.54) is 0 Å². The first kappa shape index (κ1) is 8.74. The molecule has 1 aliphatic heterocycles. The Bertz CT molecular complexity index is 337. The van der Waals surface area contributed by atoms with E-state index in [-0.39, 0.29) is 10.7 Å². The molecule has 0 bridgehead atoms. The number of anilines is 1. The largest absolute Gasteiger partial charge is 0.360 e. The predicted octanol–water partition coefficient (Wildman–Crippen LogP) is 1.48. The molecule has 1 saturated heterocycles. The Kier molecular flexibility index (Phi) is 2.11. The van der Waals surface area contributed by atoms with Crippen LogP contribution in [0.25, 0.3) is 0 Å². The highest BCUT2D eigenvalue weighted by atomic mass is 79.9. The minimum atomic E-state index is -0.0653. The van der Waals surface area contributed by atoms with Gasteiger partial charge in [0.2, 0.25) is 5.91 Å². The van der Waals surface area contributed by atoms with E-state index < -0.39 is 0 Å².